The van der Waals surface area contributed by atoms with E-state index in [-0.39, 0.29) is 5.76 Å². The second kappa shape index (κ2) is 6.39. The fourth-order valence-corrected chi connectivity index (χ4v) is 4.03. The molecule has 5 nitrogen and oxygen atoms in total. The van der Waals surface area contributed by atoms with Crippen molar-refractivity contribution >= 4 is 40.3 Å². The highest BCUT2D eigenvalue weighted by Crippen LogP contribution is 2.45. The number of carbonyl (C=O) groups is 2. The van der Waals surface area contributed by atoms with Crippen LogP contribution in [-0.2, 0) is 16.9 Å². The number of ketones is 1. The number of hydrogen-bond acceptors (Lipinski definition) is 5. The van der Waals surface area contributed by atoms with Crippen LogP contribution < -0.4 is 4.90 Å². The van der Waals surface area contributed by atoms with Crippen molar-refractivity contribution < 1.29 is 19.1 Å². The zero-order chi connectivity index (χ0) is 18.3. The van der Waals surface area contributed by atoms with Crippen LogP contribution in [0.1, 0.15) is 27.4 Å². The highest BCUT2D eigenvalue weighted by atomic mass is 35.5. The molecule has 1 aliphatic rings. The molecule has 1 aromatic carbocycles. The minimum Gasteiger partial charge on any atom is -0.461 e. The molecule has 4 rings (SSSR count). The van der Waals surface area contributed by atoms with Gasteiger partial charge in [-0.05, 0) is 41.8 Å². The number of fused-ring (bicyclic) bond motifs is 1. The first-order valence-corrected chi connectivity index (χ1v) is 9.18. The van der Waals surface area contributed by atoms with Crippen molar-refractivity contribution in [1.29, 1.82) is 0 Å². The van der Waals surface area contributed by atoms with Crippen LogP contribution in [0.4, 0.5) is 5.69 Å². The van der Waals surface area contributed by atoms with Crippen LogP contribution in [0.3, 0.4) is 0 Å². The van der Waals surface area contributed by atoms with Gasteiger partial charge in [-0.15, -0.1) is 11.3 Å². The Morgan fingerprint density at radius 3 is 2.81 bits per heavy atom. The second-order valence-corrected chi connectivity index (χ2v) is 7.54. The largest absolute Gasteiger partial charge is 0.461 e. The van der Waals surface area contributed by atoms with E-state index in [1.54, 1.807) is 24.3 Å². The van der Waals surface area contributed by atoms with Crippen LogP contribution in [-0.4, -0.2) is 16.8 Å². The average molecular weight is 388 g/mol. The number of rotatable bonds is 5. The summed E-state index contributed by atoms with van der Waals surface area (Å²) in [4.78, 5) is 28.0. The normalized spacial score (nSPS) is 19.0. The Bertz CT molecular complexity index is 968. The van der Waals surface area contributed by atoms with Gasteiger partial charge in [-0.1, -0.05) is 17.7 Å². The molecule has 0 aliphatic carbocycles. The van der Waals surface area contributed by atoms with Gasteiger partial charge < -0.3 is 14.4 Å². The number of thiophene rings is 1. The first kappa shape index (κ1) is 17.0. The molecule has 0 unspecified atom stereocenters. The number of benzene rings is 1. The van der Waals surface area contributed by atoms with E-state index in [2.05, 4.69) is 0 Å². The first-order chi connectivity index (χ1) is 12.5. The zero-order valence-electron chi connectivity index (χ0n) is 13.5. The molecule has 0 saturated heterocycles. The van der Waals surface area contributed by atoms with E-state index in [0.29, 0.717) is 22.8 Å². The van der Waals surface area contributed by atoms with Gasteiger partial charge in [-0.3, -0.25) is 9.59 Å². The van der Waals surface area contributed by atoms with Crippen molar-refractivity contribution in [3.8, 4) is 0 Å². The number of hydrogen-bond donors (Lipinski definition) is 1. The van der Waals surface area contributed by atoms with Gasteiger partial charge >= 0.3 is 0 Å². The number of carbonyl (C=O) groups excluding carboxylic acids is 2. The number of nitrogens with zero attached hydrogens (tertiary/aromatic N) is 1. The molecule has 132 valence electrons. The Kier molecular flexibility index (Phi) is 4.19. The van der Waals surface area contributed by atoms with Crippen molar-refractivity contribution in [3.05, 3.63) is 75.3 Å². The monoisotopic (exact) mass is 387 g/mol. The van der Waals surface area contributed by atoms with Crippen LogP contribution in [0.5, 0.6) is 0 Å². The van der Waals surface area contributed by atoms with Crippen molar-refractivity contribution in [2.75, 3.05) is 4.90 Å². The standard InChI is InChI=1S/C19H14ClNO4S/c20-12-5-6-15-14(9-12)19(24,10-16(22)17-4-1-7-25-17)18(23)21(15)11-13-3-2-8-26-13/h1-9,24H,10-11H2/t19-/m1/s1. The zero-order valence-corrected chi connectivity index (χ0v) is 15.1. The van der Waals surface area contributed by atoms with Crippen molar-refractivity contribution in [1.82, 2.24) is 0 Å². The number of halogens is 1. The number of aliphatic hydroxyl groups is 1. The molecule has 1 amide bonds. The maximum absolute atomic E-state index is 13.1. The van der Waals surface area contributed by atoms with Gasteiger partial charge in [0.2, 0.25) is 5.78 Å². The number of furan rings is 1. The molecule has 0 saturated carbocycles. The Hall–Kier alpha value is -2.41. The summed E-state index contributed by atoms with van der Waals surface area (Å²) in [7, 11) is 0. The SMILES string of the molecule is O=C(C[C@]1(O)C(=O)N(Cc2cccs2)c2ccc(Cl)cc21)c1ccco1. The van der Waals surface area contributed by atoms with Crippen LogP contribution in [0.25, 0.3) is 0 Å². The quantitative estimate of drug-likeness (QED) is 0.672. The van der Waals surface area contributed by atoms with Crippen molar-refractivity contribution in [3.63, 3.8) is 0 Å². The maximum Gasteiger partial charge on any atom is 0.264 e. The lowest BCUT2D eigenvalue weighted by Gasteiger charge is -2.22. The van der Waals surface area contributed by atoms with E-state index in [4.69, 9.17) is 16.0 Å². The molecule has 0 radical (unpaired) electrons. The molecule has 0 spiro atoms. The Labute approximate surface area is 158 Å². The summed E-state index contributed by atoms with van der Waals surface area (Å²) in [6.07, 6.45) is 0.968. The molecule has 1 N–H and O–H groups in total. The summed E-state index contributed by atoms with van der Waals surface area (Å²) in [6.45, 7) is 0.322. The Balaban J connectivity index is 1.74. The maximum atomic E-state index is 13.1. The average Bonchev–Trinajstić information content (AvgIpc) is 3.35. The third-order valence-electron chi connectivity index (χ3n) is 4.40. The first-order valence-electron chi connectivity index (χ1n) is 7.92. The molecular weight excluding hydrogens is 374 g/mol. The summed E-state index contributed by atoms with van der Waals surface area (Å²) in [5.74, 6) is -0.885. The van der Waals surface area contributed by atoms with Gasteiger partial charge in [-0.2, -0.15) is 0 Å². The minimum absolute atomic E-state index is 0.103. The van der Waals surface area contributed by atoms with Gasteiger partial charge in [0.1, 0.15) is 0 Å². The van der Waals surface area contributed by atoms with E-state index in [1.807, 2.05) is 17.5 Å². The predicted molar refractivity (Wildman–Crippen MR) is 98.5 cm³/mol. The lowest BCUT2D eigenvalue weighted by Crippen LogP contribution is -2.41. The predicted octanol–water partition coefficient (Wildman–Crippen LogP) is 4.00. The van der Waals surface area contributed by atoms with E-state index < -0.39 is 23.7 Å². The van der Waals surface area contributed by atoms with Gasteiger partial charge in [0.25, 0.3) is 5.91 Å². The highest BCUT2D eigenvalue weighted by Gasteiger charge is 2.51. The topological polar surface area (TPSA) is 70.8 Å². The van der Waals surface area contributed by atoms with Crippen molar-refractivity contribution in [2.45, 2.75) is 18.6 Å². The third kappa shape index (κ3) is 2.76. The lowest BCUT2D eigenvalue weighted by atomic mass is 9.89. The fourth-order valence-electron chi connectivity index (χ4n) is 3.17. The molecule has 1 aliphatic heterocycles. The van der Waals surface area contributed by atoms with Crippen molar-refractivity contribution in [2.24, 2.45) is 0 Å². The smallest absolute Gasteiger partial charge is 0.264 e. The number of Topliss-reactive ketones (excluding diaryl/α,β-unsaturated/α-hetero) is 1. The summed E-state index contributed by atoms with van der Waals surface area (Å²) in [6, 6.07) is 11.8. The Morgan fingerprint density at radius 2 is 2.12 bits per heavy atom. The summed E-state index contributed by atoms with van der Waals surface area (Å²) in [5, 5.41) is 13.5. The second-order valence-electron chi connectivity index (χ2n) is 6.07. The summed E-state index contributed by atoms with van der Waals surface area (Å²) < 4.78 is 5.10. The van der Waals surface area contributed by atoms with Crippen LogP contribution in [0, 0.1) is 0 Å². The summed E-state index contributed by atoms with van der Waals surface area (Å²) in [5.41, 5.74) is -1.07. The molecular formula is C19H14ClNO4S. The van der Waals surface area contributed by atoms with Crippen LogP contribution >= 0.6 is 22.9 Å². The molecule has 3 aromatic rings. The molecule has 26 heavy (non-hydrogen) atoms. The molecule has 3 heterocycles. The highest BCUT2D eigenvalue weighted by molar-refractivity contribution is 7.09. The number of anilines is 1. The van der Waals surface area contributed by atoms with Gasteiger partial charge in [0, 0.05) is 15.5 Å². The van der Waals surface area contributed by atoms with Crippen LogP contribution in [0.15, 0.2) is 58.5 Å². The van der Waals surface area contributed by atoms with Crippen LogP contribution in [0.2, 0.25) is 5.02 Å². The molecule has 2 aromatic heterocycles. The Morgan fingerprint density at radius 1 is 1.27 bits per heavy atom. The van der Waals surface area contributed by atoms with E-state index >= 15 is 0 Å². The fraction of sp³-hybridized carbons (Fsp3) is 0.158. The van der Waals surface area contributed by atoms with Gasteiger partial charge in [0.15, 0.2) is 11.4 Å². The van der Waals surface area contributed by atoms with E-state index in [9.17, 15) is 14.7 Å². The molecule has 7 heteroatoms. The van der Waals surface area contributed by atoms with Gasteiger partial charge in [-0.25, -0.2) is 0 Å². The van der Waals surface area contributed by atoms with Gasteiger partial charge in [0.05, 0.1) is 24.9 Å². The van der Waals surface area contributed by atoms with E-state index in [1.165, 1.54) is 28.6 Å². The summed E-state index contributed by atoms with van der Waals surface area (Å²) >= 11 is 7.60. The minimum atomic E-state index is -1.97. The lowest BCUT2D eigenvalue weighted by molar-refractivity contribution is -0.136. The molecule has 1 atom stereocenters. The number of amides is 1. The van der Waals surface area contributed by atoms with E-state index in [0.717, 1.165) is 4.88 Å². The molecule has 0 fully saturated rings. The third-order valence-corrected chi connectivity index (χ3v) is 5.50. The molecule has 0 bridgehead atoms.